The standard InChI is InChI=1S/C12H23BrN4O/c1-10-12(13)11(17(3)15-10)9-16(2)7-5-14-6-8-18-4/h14H,5-9H2,1-4H3. The molecule has 0 bridgehead atoms. The van der Waals surface area contributed by atoms with Gasteiger partial charge in [0.1, 0.15) is 0 Å². The maximum atomic E-state index is 4.98. The third-order valence-corrected chi connectivity index (χ3v) is 3.87. The molecule has 0 unspecified atom stereocenters. The van der Waals surface area contributed by atoms with E-state index < -0.39 is 0 Å². The van der Waals surface area contributed by atoms with Gasteiger partial charge in [0.05, 0.1) is 22.5 Å². The predicted octanol–water partition coefficient (Wildman–Crippen LogP) is 1.16. The molecule has 104 valence electrons. The van der Waals surface area contributed by atoms with Crippen molar-refractivity contribution in [2.45, 2.75) is 13.5 Å². The maximum absolute atomic E-state index is 4.98. The highest BCUT2D eigenvalue weighted by Crippen LogP contribution is 2.21. The lowest BCUT2D eigenvalue weighted by Gasteiger charge is -2.17. The summed E-state index contributed by atoms with van der Waals surface area (Å²) in [5.74, 6) is 0. The minimum absolute atomic E-state index is 0.760. The Morgan fingerprint density at radius 1 is 1.44 bits per heavy atom. The molecule has 0 aromatic carbocycles. The fourth-order valence-corrected chi connectivity index (χ4v) is 2.22. The van der Waals surface area contributed by atoms with Crippen LogP contribution in [0, 0.1) is 6.92 Å². The molecule has 0 fully saturated rings. The fraction of sp³-hybridized carbons (Fsp3) is 0.750. The van der Waals surface area contributed by atoms with Gasteiger partial charge < -0.3 is 10.1 Å². The third-order valence-electron chi connectivity index (χ3n) is 2.83. The SMILES string of the molecule is COCCNCCN(C)Cc1c(Br)c(C)nn1C. The summed E-state index contributed by atoms with van der Waals surface area (Å²) in [5, 5.41) is 7.73. The van der Waals surface area contributed by atoms with Gasteiger partial charge in [0.2, 0.25) is 0 Å². The molecule has 0 aliphatic rings. The summed E-state index contributed by atoms with van der Waals surface area (Å²) in [6.45, 7) is 6.54. The van der Waals surface area contributed by atoms with Crippen LogP contribution in [0.4, 0.5) is 0 Å². The lowest BCUT2D eigenvalue weighted by molar-refractivity contribution is 0.197. The summed E-state index contributed by atoms with van der Waals surface area (Å²) in [5.41, 5.74) is 2.26. The number of aryl methyl sites for hydroxylation is 2. The Kier molecular flexibility index (Phi) is 6.85. The summed E-state index contributed by atoms with van der Waals surface area (Å²) in [6, 6.07) is 0. The van der Waals surface area contributed by atoms with Crippen LogP contribution < -0.4 is 5.32 Å². The molecule has 1 heterocycles. The van der Waals surface area contributed by atoms with Gasteiger partial charge in [0.25, 0.3) is 0 Å². The van der Waals surface area contributed by atoms with Crippen molar-refractivity contribution >= 4 is 15.9 Å². The van der Waals surface area contributed by atoms with E-state index >= 15 is 0 Å². The Morgan fingerprint density at radius 3 is 2.72 bits per heavy atom. The number of nitrogens with one attached hydrogen (secondary N) is 1. The van der Waals surface area contributed by atoms with E-state index in [-0.39, 0.29) is 0 Å². The van der Waals surface area contributed by atoms with Gasteiger partial charge >= 0.3 is 0 Å². The second kappa shape index (κ2) is 7.89. The lowest BCUT2D eigenvalue weighted by Crippen LogP contribution is -2.31. The first-order valence-corrected chi connectivity index (χ1v) is 6.91. The molecule has 0 aliphatic heterocycles. The van der Waals surface area contributed by atoms with E-state index in [1.165, 1.54) is 5.69 Å². The molecular weight excluding hydrogens is 296 g/mol. The van der Waals surface area contributed by atoms with Crippen molar-refractivity contribution in [2.24, 2.45) is 7.05 Å². The van der Waals surface area contributed by atoms with Crippen LogP contribution in [0.5, 0.6) is 0 Å². The summed E-state index contributed by atoms with van der Waals surface area (Å²) in [7, 11) is 5.82. The van der Waals surface area contributed by atoms with E-state index in [0.29, 0.717) is 0 Å². The average molecular weight is 319 g/mol. The molecular formula is C12H23BrN4O. The molecule has 1 aromatic rings. The number of ether oxygens (including phenoxy) is 1. The van der Waals surface area contributed by atoms with Crippen molar-refractivity contribution < 1.29 is 4.74 Å². The zero-order valence-electron chi connectivity index (χ0n) is 11.7. The van der Waals surface area contributed by atoms with Gasteiger partial charge in [-0.25, -0.2) is 0 Å². The number of rotatable bonds is 8. The molecule has 0 saturated heterocycles. The van der Waals surface area contributed by atoms with Gasteiger partial charge in [-0.2, -0.15) is 5.10 Å². The molecule has 1 aromatic heterocycles. The number of nitrogens with zero attached hydrogens (tertiary/aromatic N) is 3. The van der Waals surface area contributed by atoms with Crippen molar-refractivity contribution in [3.8, 4) is 0 Å². The molecule has 5 nitrogen and oxygen atoms in total. The molecule has 1 rings (SSSR count). The zero-order chi connectivity index (χ0) is 13.5. The second-order valence-corrected chi connectivity index (χ2v) is 5.24. The summed E-state index contributed by atoms with van der Waals surface area (Å²) in [6.07, 6.45) is 0. The summed E-state index contributed by atoms with van der Waals surface area (Å²) >= 11 is 3.59. The Hall–Kier alpha value is -0.430. The van der Waals surface area contributed by atoms with E-state index in [2.05, 4.69) is 38.3 Å². The van der Waals surface area contributed by atoms with Crippen LogP contribution in [0.1, 0.15) is 11.4 Å². The first kappa shape index (κ1) is 15.6. The Bertz CT molecular complexity index is 367. The Morgan fingerprint density at radius 2 is 2.17 bits per heavy atom. The molecule has 0 atom stereocenters. The molecule has 0 radical (unpaired) electrons. The van der Waals surface area contributed by atoms with E-state index in [0.717, 1.165) is 43.0 Å². The quantitative estimate of drug-likeness (QED) is 0.730. The van der Waals surface area contributed by atoms with Crippen molar-refractivity contribution in [3.63, 3.8) is 0 Å². The molecule has 1 N–H and O–H groups in total. The number of likely N-dealkylation sites (N-methyl/N-ethyl adjacent to an activating group) is 1. The normalized spacial score (nSPS) is 11.4. The molecule has 0 spiro atoms. The number of halogens is 1. The maximum Gasteiger partial charge on any atom is 0.0739 e. The lowest BCUT2D eigenvalue weighted by atomic mass is 10.3. The molecule has 0 saturated carbocycles. The number of aromatic nitrogens is 2. The van der Waals surface area contributed by atoms with Crippen LogP contribution in [0.15, 0.2) is 4.47 Å². The number of methoxy groups -OCH3 is 1. The van der Waals surface area contributed by atoms with Crippen molar-refractivity contribution in [1.29, 1.82) is 0 Å². The fourth-order valence-electron chi connectivity index (χ4n) is 1.76. The molecule has 0 aliphatic carbocycles. The van der Waals surface area contributed by atoms with E-state index in [1.54, 1.807) is 7.11 Å². The van der Waals surface area contributed by atoms with E-state index in [9.17, 15) is 0 Å². The van der Waals surface area contributed by atoms with Crippen LogP contribution in [0.3, 0.4) is 0 Å². The zero-order valence-corrected chi connectivity index (χ0v) is 13.2. The van der Waals surface area contributed by atoms with E-state index in [4.69, 9.17) is 4.74 Å². The third kappa shape index (κ3) is 4.68. The Balaban J connectivity index is 2.33. The van der Waals surface area contributed by atoms with Gasteiger partial charge in [0, 0.05) is 40.3 Å². The van der Waals surface area contributed by atoms with Crippen LogP contribution >= 0.6 is 15.9 Å². The average Bonchev–Trinajstić information content (AvgIpc) is 2.56. The molecule has 0 amide bonds. The monoisotopic (exact) mass is 318 g/mol. The Labute approximate surface area is 118 Å². The van der Waals surface area contributed by atoms with Gasteiger partial charge in [-0.1, -0.05) is 0 Å². The van der Waals surface area contributed by atoms with Gasteiger partial charge in [-0.3, -0.25) is 9.58 Å². The predicted molar refractivity (Wildman–Crippen MR) is 76.7 cm³/mol. The topological polar surface area (TPSA) is 42.3 Å². The van der Waals surface area contributed by atoms with Crippen LogP contribution in [-0.2, 0) is 18.3 Å². The van der Waals surface area contributed by atoms with Crippen LogP contribution in [-0.4, -0.2) is 55.1 Å². The highest BCUT2D eigenvalue weighted by atomic mass is 79.9. The van der Waals surface area contributed by atoms with Crippen molar-refractivity contribution in [2.75, 3.05) is 40.4 Å². The largest absolute Gasteiger partial charge is 0.383 e. The summed E-state index contributed by atoms with van der Waals surface area (Å²) in [4.78, 5) is 2.28. The smallest absolute Gasteiger partial charge is 0.0739 e. The second-order valence-electron chi connectivity index (χ2n) is 4.45. The highest BCUT2D eigenvalue weighted by Gasteiger charge is 2.12. The van der Waals surface area contributed by atoms with Gasteiger partial charge in [-0.15, -0.1) is 0 Å². The minimum atomic E-state index is 0.760. The van der Waals surface area contributed by atoms with Crippen molar-refractivity contribution in [3.05, 3.63) is 15.9 Å². The van der Waals surface area contributed by atoms with Crippen molar-refractivity contribution in [1.82, 2.24) is 20.0 Å². The minimum Gasteiger partial charge on any atom is -0.383 e. The van der Waals surface area contributed by atoms with E-state index in [1.807, 2.05) is 18.7 Å². The number of hydrogen-bond acceptors (Lipinski definition) is 4. The van der Waals surface area contributed by atoms with Gasteiger partial charge in [-0.05, 0) is 29.9 Å². The molecule has 18 heavy (non-hydrogen) atoms. The van der Waals surface area contributed by atoms with Gasteiger partial charge in [0.15, 0.2) is 0 Å². The molecule has 6 heteroatoms. The van der Waals surface area contributed by atoms with Crippen LogP contribution in [0.25, 0.3) is 0 Å². The van der Waals surface area contributed by atoms with Crippen LogP contribution in [0.2, 0.25) is 0 Å². The summed E-state index contributed by atoms with van der Waals surface area (Å²) < 4.78 is 8.04. The highest BCUT2D eigenvalue weighted by molar-refractivity contribution is 9.10. The number of hydrogen-bond donors (Lipinski definition) is 1. The first-order valence-electron chi connectivity index (χ1n) is 6.12. The first-order chi connectivity index (χ1) is 8.56.